The number of aromatic nitrogens is 4. The average Bonchev–Trinajstić information content (AvgIpc) is 2.77. The molecular formula is C11H12F3N5. The van der Waals surface area contributed by atoms with E-state index in [2.05, 4.69) is 15.5 Å². The van der Waals surface area contributed by atoms with Crippen LogP contribution in [-0.2, 0) is 12.7 Å². The zero-order chi connectivity index (χ0) is 14.0. The minimum absolute atomic E-state index is 0.280. The van der Waals surface area contributed by atoms with Crippen LogP contribution in [0, 0.1) is 0 Å². The van der Waals surface area contributed by atoms with Crippen LogP contribution in [0.2, 0.25) is 0 Å². The molecule has 2 aromatic rings. The maximum Gasteiger partial charge on any atom is 0.416 e. The predicted octanol–water partition coefficient (Wildman–Crippen LogP) is 1.76. The number of nitrogens with two attached hydrogens (primary N) is 1. The number of rotatable bonds is 3. The molecule has 0 aliphatic heterocycles. The molecule has 0 amide bonds. The molecule has 1 unspecified atom stereocenters. The van der Waals surface area contributed by atoms with Crippen molar-refractivity contribution in [3.8, 4) is 0 Å². The average molecular weight is 271 g/mol. The van der Waals surface area contributed by atoms with Gasteiger partial charge in [-0.15, -0.1) is 5.10 Å². The van der Waals surface area contributed by atoms with Gasteiger partial charge in [0.2, 0.25) is 0 Å². The number of hydrogen-bond acceptors (Lipinski definition) is 4. The van der Waals surface area contributed by atoms with E-state index in [0.717, 1.165) is 12.1 Å². The van der Waals surface area contributed by atoms with Crippen molar-refractivity contribution < 1.29 is 13.2 Å². The molecule has 102 valence electrons. The Morgan fingerprint density at radius 2 is 1.89 bits per heavy atom. The van der Waals surface area contributed by atoms with Crippen LogP contribution in [0.4, 0.5) is 13.2 Å². The van der Waals surface area contributed by atoms with E-state index in [4.69, 9.17) is 5.73 Å². The van der Waals surface area contributed by atoms with Gasteiger partial charge in [0.05, 0.1) is 18.2 Å². The Balaban J connectivity index is 2.18. The Morgan fingerprint density at radius 3 is 2.42 bits per heavy atom. The normalized spacial score (nSPS) is 13.5. The Kier molecular flexibility index (Phi) is 3.52. The minimum atomic E-state index is -4.33. The fourth-order valence-electron chi connectivity index (χ4n) is 1.62. The molecule has 0 saturated heterocycles. The highest BCUT2D eigenvalue weighted by molar-refractivity contribution is 5.24. The molecular weight excluding hydrogens is 259 g/mol. The fourth-order valence-corrected chi connectivity index (χ4v) is 1.62. The van der Waals surface area contributed by atoms with Crippen molar-refractivity contribution in [2.45, 2.75) is 25.7 Å². The molecule has 2 N–H and O–H groups in total. The van der Waals surface area contributed by atoms with Crippen LogP contribution >= 0.6 is 0 Å². The summed E-state index contributed by atoms with van der Waals surface area (Å²) >= 11 is 0. The Bertz CT molecular complexity index is 544. The van der Waals surface area contributed by atoms with Gasteiger partial charge in [-0.1, -0.05) is 12.1 Å². The van der Waals surface area contributed by atoms with E-state index >= 15 is 0 Å². The molecule has 1 aromatic carbocycles. The first-order valence-corrected chi connectivity index (χ1v) is 5.55. The molecule has 0 radical (unpaired) electrons. The van der Waals surface area contributed by atoms with Gasteiger partial charge in [0.15, 0.2) is 5.82 Å². The lowest BCUT2D eigenvalue weighted by Crippen LogP contribution is -2.15. The van der Waals surface area contributed by atoms with Gasteiger partial charge in [0.1, 0.15) is 0 Å². The first kappa shape index (κ1) is 13.5. The summed E-state index contributed by atoms with van der Waals surface area (Å²) in [7, 11) is 0. The van der Waals surface area contributed by atoms with Gasteiger partial charge in [-0.3, -0.25) is 0 Å². The second-order valence-corrected chi connectivity index (χ2v) is 4.18. The second kappa shape index (κ2) is 4.96. The van der Waals surface area contributed by atoms with Crippen LogP contribution in [0.1, 0.15) is 29.9 Å². The first-order valence-electron chi connectivity index (χ1n) is 5.55. The molecule has 0 spiro atoms. The smallest absolute Gasteiger partial charge is 0.322 e. The molecule has 1 aromatic heterocycles. The van der Waals surface area contributed by atoms with Crippen molar-refractivity contribution in [3.63, 3.8) is 0 Å². The molecule has 5 nitrogen and oxygen atoms in total. The largest absolute Gasteiger partial charge is 0.416 e. The molecule has 1 atom stereocenters. The number of hydrogen-bond donors (Lipinski definition) is 1. The van der Waals surface area contributed by atoms with Crippen LogP contribution in [0.3, 0.4) is 0 Å². The summed E-state index contributed by atoms with van der Waals surface area (Å²) < 4.78 is 38.7. The van der Waals surface area contributed by atoms with Crippen molar-refractivity contribution in [1.29, 1.82) is 0 Å². The van der Waals surface area contributed by atoms with Crippen LogP contribution in [0.25, 0.3) is 0 Å². The van der Waals surface area contributed by atoms with E-state index in [1.165, 1.54) is 16.8 Å². The lowest BCUT2D eigenvalue weighted by atomic mass is 10.1. The monoisotopic (exact) mass is 271 g/mol. The summed E-state index contributed by atoms with van der Waals surface area (Å²) in [5, 5.41) is 11.0. The summed E-state index contributed by atoms with van der Waals surface area (Å²) in [6.45, 7) is 2.01. The third kappa shape index (κ3) is 3.08. The summed E-state index contributed by atoms with van der Waals surface area (Å²) in [6, 6.07) is 4.52. The predicted molar refractivity (Wildman–Crippen MR) is 61.0 cm³/mol. The van der Waals surface area contributed by atoms with E-state index in [1.54, 1.807) is 6.92 Å². The molecule has 2 rings (SSSR count). The number of tetrazole rings is 1. The van der Waals surface area contributed by atoms with E-state index in [0.29, 0.717) is 11.4 Å². The van der Waals surface area contributed by atoms with E-state index < -0.39 is 11.7 Å². The third-order valence-corrected chi connectivity index (χ3v) is 2.58. The van der Waals surface area contributed by atoms with Crippen molar-refractivity contribution in [2.75, 3.05) is 0 Å². The van der Waals surface area contributed by atoms with E-state index in [1.807, 2.05) is 0 Å². The summed E-state index contributed by atoms with van der Waals surface area (Å²) in [6.07, 6.45) is -4.33. The molecule has 0 aliphatic carbocycles. The summed E-state index contributed by atoms with van der Waals surface area (Å²) in [4.78, 5) is 0. The van der Waals surface area contributed by atoms with Gasteiger partial charge < -0.3 is 5.73 Å². The Hall–Kier alpha value is -1.96. The van der Waals surface area contributed by atoms with E-state index in [-0.39, 0.29) is 12.6 Å². The van der Waals surface area contributed by atoms with Gasteiger partial charge in [-0.05, 0) is 35.0 Å². The van der Waals surface area contributed by atoms with Crippen molar-refractivity contribution >= 4 is 0 Å². The third-order valence-electron chi connectivity index (χ3n) is 2.58. The quantitative estimate of drug-likeness (QED) is 0.923. The maximum atomic E-state index is 12.4. The van der Waals surface area contributed by atoms with Crippen LogP contribution < -0.4 is 5.73 Å². The van der Waals surface area contributed by atoms with Gasteiger partial charge in [0, 0.05) is 0 Å². The highest BCUT2D eigenvalue weighted by atomic mass is 19.4. The number of halogens is 3. The van der Waals surface area contributed by atoms with Crippen LogP contribution in [0.15, 0.2) is 24.3 Å². The van der Waals surface area contributed by atoms with Gasteiger partial charge in [-0.25, -0.2) is 4.68 Å². The van der Waals surface area contributed by atoms with Crippen LogP contribution in [-0.4, -0.2) is 20.2 Å². The summed E-state index contributed by atoms with van der Waals surface area (Å²) in [5.41, 5.74) is 5.67. The topological polar surface area (TPSA) is 69.6 Å². The zero-order valence-corrected chi connectivity index (χ0v) is 10.1. The first-order chi connectivity index (χ1) is 8.88. The maximum absolute atomic E-state index is 12.4. The molecule has 0 bridgehead atoms. The Morgan fingerprint density at radius 1 is 1.26 bits per heavy atom. The second-order valence-electron chi connectivity index (χ2n) is 4.18. The van der Waals surface area contributed by atoms with Gasteiger partial charge in [0.25, 0.3) is 0 Å². The fraction of sp³-hybridized carbons (Fsp3) is 0.364. The lowest BCUT2D eigenvalue weighted by molar-refractivity contribution is -0.137. The number of nitrogens with zero attached hydrogens (tertiary/aromatic N) is 4. The number of benzene rings is 1. The van der Waals surface area contributed by atoms with Crippen molar-refractivity contribution in [2.24, 2.45) is 5.73 Å². The van der Waals surface area contributed by atoms with Crippen molar-refractivity contribution in [1.82, 2.24) is 20.2 Å². The molecule has 0 aliphatic rings. The highest BCUT2D eigenvalue weighted by Crippen LogP contribution is 2.29. The van der Waals surface area contributed by atoms with Gasteiger partial charge >= 0.3 is 6.18 Å². The van der Waals surface area contributed by atoms with Gasteiger partial charge in [-0.2, -0.15) is 13.2 Å². The van der Waals surface area contributed by atoms with E-state index in [9.17, 15) is 13.2 Å². The zero-order valence-electron chi connectivity index (χ0n) is 10.1. The van der Waals surface area contributed by atoms with Crippen LogP contribution in [0.5, 0.6) is 0 Å². The molecule has 0 fully saturated rings. The lowest BCUT2D eigenvalue weighted by Gasteiger charge is -2.09. The standard InChI is InChI=1S/C11H12F3N5/c1-7(15)10-16-17-18-19(10)6-8-2-4-9(5-3-8)11(12,13)14/h2-5,7H,6,15H2,1H3. The minimum Gasteiger partial charge on any atom is -0.322 e. The molecule has 1 heterocycles. The molecule has 19 heavy (non-hydrogen) atoms. The number of alkyl halides is 3. The highest BCUT2D eigenvalue weighted by Gasteiger charge is 2.29. The SMILES string of the molecule is CC(N)c1nnnn1Cc1ccc(C(F)(F)F)cc1. The Labute approximate surface area is 107 Å². The summed E-state index contributed by atoms with van der Waals surface area (Å²) in [5.74, 6) is 0.486. The molecule has 8 heteroatoms. The van der Waals surface area contributed by atoms with Crippen molar-refractivity contribution in [3.05, 3.63) is 41.2 Å². The molecule has 0 saturated carbocycles.